The molecule has 138 valence electrons. The van der Waals surface area contributed by atoms with Gasteiger partial charge in [-0.3, -0.25) is 20.4 Å². The van der Waals surface area contributed by atoms with Crippen LogP contribution in [-0.2, 0) is 9.59 Å². The molecule has 0 aromatic heterocycles. The second-order valence-electron chi connectivity index (χ2n) is 5.11. The second kappa shape index (κ2) is 9.87. The van der Waals surface area contributed by atoms with E-state index in [2.05, 4.69) is 10.9 Å². The summed E-state index contributed by atoms with van der Waals surface area (Å²) < 4.78 is 28.3. The highest BCUT2D eigenvalue weighted by Crippen LogP contribution is 2.17. The number of hydrogen-bond donors (Lipinski definition) is 2. The van der Waals surface area contributed by atoms with Crippen LogP contribution < -0.4 is 25.1 Å². The maximum atomic E-state index is 12.7. The van der Waals surface area contributed by atoms with Crippen LogP contribution in [0.5, 0.6) is 17.2 Å². The van der Waals surface area contributed by atoms with Gasteiger partial charge in [-0.25, -0.2) is 4.39 Å². The number of ether oxygens (including phenoxy) is 3. The number of methoxy groups -OCH3 is 1. The molecule has 2 aromatic rings. The number of benzene rings is 2. The molecule has 2 amide bonds. The highest BCUT2D eigenvalue weighted by Gasteiger charge is 2.06. The monoisotopic (exact) mass is 362 g/mol. The highest BCUT2D eigenvalue weighted by molar-refractivity contribution is 5.82. The first-order valence-corrected chi connectivity index (χ1v) is 7.80. The van der Waals surface area contributed by atoms with Gasteiger partial charge in [-0.15, -0.1) is 0 Å². The van der Waals surface area contributed by atoms with E-state index in [1.807, 2.05) is 0 Å². The van der Waals surface area contributed by atoms with E-state index in [9.17, 15) is 14.0 Å². The van der Waals surface area contributed by atoms with Crippen LogP contribution in [0.25, 0.3) is 0 Å². The molecule has 0 aliphatic heterocycles. The van der Waals surface area contributed by atoms with Crippen molar-refractivity contribution in [3.8, 4) is 17.2 Å². The molecule has 0 atom stereocenters. The number of amides is 2. The van der Waals surface area contributed by atoms with E-state index in [0.717, 1.165) is 0 Å². The number of halogens is 1. The summed E-state index contributed by atoms with van der Waals surface area (Å²) in [6, 6.07) is 12.2. The summed E-state index contributed by atoms with van der Waals surface area (Å²) >= 11 is 0. The zero-order valence-corrected chi connectivity index (χ0v) is 14.2. The van der Waals surface area contributed by atoms with Gasteiger partial charge in [-0.05, 0) is 48.5 Å². The maximum Gasteiger partial charge on any atom is 0.276 e. The summed E-state index contributed by atoms with van der Waals surface area (Å²) in [6.45, 7) is -0.158. The molecule has 0 spiro atoms. The standard InChI is InChI=1S/C18H19FN2O5/c1-24-14-6-8-15(9-7-14)25-11-10-17(22)20-21-18(23)12-26-16-4-2-13(19)3-5-16/h2-9H,10-12H2,1H3,(H,20,22)(H,21,23). The Morgan fingerprint density at radius 1 is 0.846 bits per heavy atom. The van der Waals surface area contributed by atoms with Crippen molar-refractivity contribution in [2.24, 2.45) is 0 Å². The predicted molar refractivity (Wildman–Crippen MR) is 91.3 cm³/mol. The van der Waals surface area contributed by atoms with Gasteiger partial charge in [-0.1, -0.05) is 0 Å². The van der Waals surface area contributed by atoms with Gasteiger partial charge in [0.25, 0.3) is 5.91 Å². The fraction of sp³-hybridized carbons (Fsp3) is 0.222. The number of rotatable bonds is 8. The van der Waals surface area contributed by atoms with Crippen LogP contribution in [0, 0.1) is 5.82 Å². The van der Waals surface area contributed by atoms with Crippen LogP contribution in [0.4, 0.5) is 4.39 Å². The Bertz CT molecular complexity index is 719. The number of hydrogen-bond acceptors (Lipinski definition) is 5. The molecule has 0 aliphatic carbocycles. The zero-order valence-electron chi connectivity index (χ0n) is 14.2. The Morgan fingerprint density at radius 2 is 1.38 bits per heavy atom. The topological polar surface area (TPSA) is 85.9 Å². The predicted octanol–water partition coefficient (Wildman–Crippen LogP) is 1.83. The molecule has 2 N–H and O–H groups in total. The lowest BCUT2D eigenvalue weighted by Gasteiger charge is -2.10. The smallest absolute Gasteiger partial charge is 0.276 e. The summed E-state index contributed by atoms with van der Waals surface area (Å²) in [7, 11) is 1.57. The normalized spacial score (nSPS) is 9.92. The van der Waals surface area contributed by atoms with Gasteiger partial charge >= 0.3 is 0 Å². The molecule has 0 saturated heterocycles. The minimum Gasteiger partial charge on any atom is -0.497 e. The van der Waals surface area contributed by atoms with Crippen LogP contribution in [0.3, 0.4) is 0 Å². The van der Waals surface area contributed by atoms with Crippen molar-refractivity contribution in [1.29, 1.82) is 0 Å². The van der Waals surface area contributed by atoms with Crippen molar-refractivity contribution in [3.63, 3.8) is 0 Å². The van der Waals surface area contributed by atoms with E-state index >= 15 is 0 Å². The molecule has 0 radical (unpaired) electrons. The van der Waals surface area contributed by atoms with Gasteiger partial charge < -0.3 is 14.2 Å². The average Bonchev–Trinajstić information content (AvgIpc) is 2.66. The molecule has 26 heavy (non-hydrogen) atoms. The van der Waals surface area contributed by atoms with Crippen molar-refractivity contribution in [2.45, 2.75) is 6.42 Å². The molecule has 0 heterocycles. The Labute approximate surface area is 150 Å². The Balaban J connectivity index is 1.60. The first-order chi connectivity index (χ1) is 12.6. The number of nitrogens with one attached hydrogen (secondary N) is 2. The molecule has 2 rings (SSSR count). The summed E-state index contributed by atoms with van der Waals surface area (Å²) in [4.78, 5) is 23.2. The molecule has 2 aromatic carbocycles. The fourth-order valence-corrected chi connectivity index (χ4v) is 1.85. The number of carbonyl (C=O) groups is 2. The van der Waals surface area contributed by atoms with Crippen molar-refractivity contribution >= 4 is 11.8 Å². The van der Waals surface area contributed by atoms with E-state index in [-0.39, 0.29) is 19.6 Å². The lowest BCUT2D eigenvalue weighted by atomic mass is 10.3. The van der Waals surface area contributed by atoms with Crippen molar-refractivity contribution in [1.82, 2.24) is 10.9 Å². The molecule has 7 nitrogen and oxygen atoms in total. The second-order valence-corrected chi connectivity index (χ2v) is 5.11. The molecule has 8 heteroatoms. The zero-order chi connectivity index (χ0) is 18.8. The molecule has 0 bridgehead atoms. The van der Waals surface area contributed by atoms with Crippen LogP contribution >= 0.6 is 0 Å². The van der Waals surface area contributed by atoms with E-state index in [1.54, 1.807) is 31.4 Å². The molecule has 0 unspecified atom stereocenters. The average molecular weight is 362 g/mol. The van der Waals surface area contributed by atoms with Crippen molar-refractivity contribution in [3.05, 3.63) is 54.3 Å². The third kappa shape index (κ3) is 6.68. The van der Waals surface area contributed by atoms with Gasteiger partial charge in [0.1, 0.15) is 23.1 Å². The van der Waals surface area contributed by atoms with Gasteiger partial charge in [0.05, 0.1) is 20.1 Å². The number of hydrazine groups is 1. The van der Waals surface area contributed by atoms with Crippen LogP contribution in [0.2, 0.25) is 0 Å². The molecule has 0 saturated carbocycles. The van der Waals surface area contributed by atoms with Crippen molar-refractivity contribution in [2.75, 3.05) is 20.3 Å². The van der Waals surface area contributed by atoms with Gasteiger partial charge in [0, 0.05) is 0 Å². The highest BCUT2D eigenvalue weighted by atomic mass is 19.1. The summed E-state index contributed by atoms with van der Waals surface area (Å²) in [5, 5.41) is 0. The minimum absolute atomic E-state index is 0.0606. The first-order valence-electron chi connectivity index (χ1n) is 7.80. The third-order valence-electron chi connectivity index (χ3n) is 3.18. The molecule has 0 fully saturated rings. The third-order valence-corrected chi connectivity index (χ3v) is 3.18. The lowest BCUT2D eigenvalue weighted by Crippen LogP contribution is -2.44. The SMILES string of the molecule is COc1ccc(OCCC(=O)NNC(=O)COc2ccc(F)cc2)cc1. The molecular weight excluding hydrogens is 343 g/mol. The van der Waals surface area contributed by atoms with E-state index in [0.29, 0.717) is 17.2 Å². The van der Waals surface area contributed by atoms with Crippen LogP contribution in [0.1, 0.15) is 6.42 Å². The van der Waals surface area contributed by atoms with Crippen molar-refractivity contribution < 1.29 is 28.2 Å². The quantitative estimate of drug-likeness (QED) is 0.700. The van der Waals surface area contributed by atoms with E-state index < -0.39 is 17.6 Å². The summed E-state index contributed by atoms with van der Waals surface area (Å²) in [5.41, 5.74) is 4.47. The first kappa shape index (κ1) is 19.0. The van der Waals surface area contributed by atoms with E-state index in [1.165, 1.54) is 24.3 Å². The van der Waals surface area contributed by atoms with Gasteiger partial charge in [0.2, 0.25) is 5.91 Å². The van der Waals surface area contributed by atoms with Crippen LogP contribution in [0.15, 0.2) is 48.5 Å². The van der Waals surface area contributed by atoms with Gasteiger partial charge in [-0.2, -0.15) is 0 Å². The Hall–Kier alpha value is -3.29. The lowest BCUT2D eigenvalue weighted by molar-refractivity contribution is -0.130. The van der Waals surface area contributed by atoms with Gasteiger partial charge in [0.15, 0.2) is 6.61 Å². The minimum atomic E-state index is -0.543. The van der Waals surface area contributed by atoms with E-state index in [4.69, 9.17) is 14.2 Å². The van der Waals surface area contributed by atoms with Crippen LogP contribution in [-0.4, -0.2) is 32.1 Å². The summed E-state index contributed by atoms with van der Waals surface area (Å²) in [5.74, 6) is 0.315. The largest absolute Gasteiger partial charge is 0.497 e. The fourth-order valence-electron chi connectivity index (χ4n) is 1.85. The number of carbonyl (C=O) groups excluding carboxylic acids is 2. The Morgan fingerprint density at radius 3 is 2.04 bits per heavy atom. The summed E-state index contributed by atoms with van der Waals surface area (Å²) in [6.07, 6.45) is 0.0606. The molecule has 0 aliphatic rings. The maximum absolute atomic E-state index is 12.7. The molecular formula is C18H19FN2O5. The Kier molecular flexibility index (Phi) is 7.23.